The van der Waals surface area contributed by atoms with E-state index in [-0.39, 0.29) is 11.4 Å². The van der Waals surface area contributed by atoms with E-state index in [2.05, 4.69) is 4.72 Å². The molecular weight excluding hydrogens is 274 g/mol. The van der Waals surface area contributed by atoms with Gasteiger partial charge in [-0.05, 0) is 31.3 Å². The third-order valence-electron chi connectivity index (χ3n) is 2.82. The van der Waals surface area contributed by atoms with Crippen LogP contribution in [-0.4, -0.2) is 39.5 Å². The first-order valence-corrected chi connectivity index (χ1v) is 7.56. The van der Waals surface area contributed by atoms with Gasteiger partial charge in [0.05, 0.1) is 4.90 Å². The maximum absolute atomic E-state index is 13.0. The van der Waals surface area contributed by atoms with E-state index < -0.39 is 21.7 Å². The van der Waals surface area contributed by atoms with E-state index in [1.165, 1.54) is 0 Å². The molecule has 0 saturated carbocycles. The maximum atomic E-state index is 13.0. The number of hydrogen-bond donors (Lipinski definition) is 1. The molecule has 19 heavy (non-hydrogen) atoms. The molecule has 0 aliphatic heterocycles. The van der Waals surface area contributed by atoms with Crippen molar-refractivity contribution in [3.05, 3.63) is 29.8 Å². The van der Waals surface area contributed by atoms with Gasteiger partial charge in [0.25, 0.3) is 0 Å². The largest absolute Gasteiger partial charge is 0.303 e. The molecular formula is C12H18F2N2O2S. The Morgan fingerprint density at radius 2 is 1.79 bits per heavy atom. The Hall–Kier alpha value is -1.05. The van der Waals surface area contributed by atoms with Crippen molar-refractivity contribution in [2.24, 2.45) is 0 Å². The summed E-state index contributed by atoms with van der Waals surface area (Å²) in [5, 5.41) is 0. The minimum absolute atomic E-state index is 0.225. The molecule has 4 nitrogen and oxygen atoms in total. The standard InChI is InChI=1S/C12H18F2N2O2S/c1-3-16(4-2)8-7-15-19(17,18)10-5-6-11(13)12(14)9-10/h5-6,9,15H,3-4,7-8H2,1-2H3. The average Bonchev–Trinajstić information content (AvgIpc) is 2.37. The molecule has 7 heteroatoms. The smallest absolute Gasteiger partial charge is 0.240 e. The van der Waals surface area contributed by atoms with Crippen LogP contribution in [0.15, 0.2) is 23.1 Å². The van der Waals surface area contributed by atoms with Gasteiger partial charge in [0, 0.05) is 13.1 Å². The number of benzene rings is 1. The quantitative estimate of drug-likeness (QED) is 0.830. The number of rotatable bonds is 7. The van der Waals surface area contributed by atoms with Gasteiger partial charge in [-0.3, -0.25) is 0 Å². The third-order valence-corrected chi connectivity index (χ3v) is 4.27. The molecule has 0 bridgehead atoms. The summed E-state index contributed by atoms with van der Waals surface area (Å²) in [5.41, 5.74) is 0. The average molecular weight is 292 g/mol. The summed E-state index contributed by atoms with van der Waals surface area (Å²) in [6, 6.07) is 2.52. The number of halogens is 2. The molecule has 1 N–H and O–H groups in total. The molecule has 0 spiro atoms. The van der Waals surface area contributed by atoms with Crippen LogP contribution in [0.1, 0.15) is 13.8 Å². The van der Waals surface area contributed by atoms with Gasteiger partial charge in [0.15, 0.2) is 11.6 Å². The Morgan fingerprint density at radius 1 is 1.16 bits per heavy atom. The molecule has 0 aliphatic carbocycles. The van der Waals surface area contributed by atoms with E-state index in [0.717, 1.165) is 25.2 Å². The molecule has 1 aromatic carbocycles. The highest BCUT2D eigenvalue weighted by Gasteiger charge is 2.16. The van der Waals surface area contributed by atoms with E-state index in [0.29, 0.717) is 12.6 Å². The molecule has 0 amide bonds. The summed E-state index contributed by atoms with van der Waals surface area (Å²) in [4.78, 5) is 1.78. The zero-order valence-corrected chi connectivity index (χ0v) is 11.8. The molecule has 0 aliphatic rings. The molecule has 0 radical (unpaired) electrons. The molecule has 0 unspecified atom stereocenters. The van der Waals surface area contributed by atoms with Gasteiger partial charge < -0.3 is 4.90 Å². The van der Waals surface area contributed by atoms with Crippen LogP contribution in [-0.2, 0) is 10.0 Å². The van der Waals surface area contributed by atoms with Crippen molar-refractivity contribution >= 4 is 10.0 Å². The molecule has 0 heterocycles. The first kappa shape index (κ1) is 16.0. The second-order valence-corrected chi connectivity index (χ2v) is 5.77. The van der Waals surface area contributed by atoms with Gasteiger partial charge >= 0.3 is 0 Å². The lowest BCUT2D eigenvalue weighted by atomic mass is 10.3. The van der Waals surface area contributed by atoms with Gasteiger partial charge in [0.2, 0.25) is 10.0 Å². The fraction of sp³-hybridized carbons (Fsp3) is 0.500. The summed E-state index contributed by atoms with van der Waals surface area (Å²) in [7, 11) is -3.79. The van der Waals surface area contributed by atoms with Crippen LogP contribution < -0.4 is 4.72 Å². The summed E-state index contributed by atoms with van der Waals surface area (Å²) in [5.74, 6) is -2.24. The molecule has 0 aromatic heterocycles. The van der Waals surface area contributed by atoms with Gasteiger partial charge in [-0.25, -0.2) is 21.9 Å². The van der Waals surface area contributed by atoms with Crippen LogP contribution in [0.5, 0.6) is 0 Å². The first-order chi connectivity index (χ1) is 8.90. The maximum Gasteiger partial charge on any atom is 0.240 e. The molecule has 0 saturated heterocycles. The lowest BCUT2D eigenvalue weighted by molar-refractivity contribution is 0.309. The highest BCUT2D eigenvalue weighted by atomic mass is 32.2. The van der Waals surface area contributed by atoms with Crippen LogP contribution in [0.4, 0.5) is 8.78 Å². The number of sulfonamides is 1. The summed E-state index contributed by atoms with van der Waals surface area (Å²) < 4.78 is 51.8. The predicted octanol–water partition coefficient (Wildman–Crippen LogP) is 1.58. The Bertz CT molecular complexity index is 516. The van der Waals surface area contributed by atoms with Crippen molar-refractivity contribution in [1.29, 1.82) is 0 Å². The number of nitrogens with zero attached hydrogens (tertiary/aromatic N) is 1. The van der Waals surface area contributed by atoms with E-state index in [4.69, 9.17) is 0 Å². The minimum atomic E-state index is -3.79. The van der Waals surface area contributed by atoms with E-state index in [1.54, 1.807) is 0 Å². The molecule has 1 aromatic rings. The number of nitrogens with one attached hydrogen (secondary N) is 1. The zero-order valence-electron chi connectivity index (χ0n) is 11.0. The van der Waals surface area contributed by atoms with Crippen molar-refractivity contribution in [2.75, 3.05) is 26.2 Å². The third kappa shape index (κ3) is 4.52. The van der Waals surface area contributed by atoms with Crippen LogP contribution in [0.25, 0.3) is 0 Å². The van der Waals surface area contributed by atoms with Crippen molar-refractivity contribution in [3.8, 4) is 0 Å². The van der Waals surface area contributed by atoms with Gasteiger partial charge in [-0.2, -0.15) is 0 Å². The van der Waals surface area contributed by atoms with Crippen LogP contribution in [0.3, 0.4) is 0 Å². The molecule has 108 valence electrons. The Kier molecular flexibility index (Phi) is 5.84. The van der Waals surface area contributed by atoms with Crippen molar-refractivity contribution in [3.63, 3.8) is 0 Å². The zero-order chi connectivity index (χ0) is 14.5. The molecule has 1 rings (SSSR count). The second-order valence-electron chi connectivity index (χ2n) is 4.00. The number of likely N-dealkylation sites (N-methyl/N-ethyl adjacent to an activating group) is 1. The van der Waals surface area contributed by atoms with E-state index in [1.807, 2.05) is 18.7 Å². The predicted molar refractivity (Wildman–Crippen MR) is 69.3 cm³/mol. The van der Waals surface area contributed by atoms with Crippen molar-refractivity contribution in [2.45, 2.75) is 18.7 Å². The topological polar surface area (TPSA) is 49.4 Å². The normalized spacial score (nSPS) is 12.1. The lowest BCUT2D eigenvalue weighted by Gasteiger charge is -2.18. The van der Waals surface area contributed by atoms with Crippen molar-refractivity contribution < 1.29 is 17.2 Å². The first-order valence-electron chi connectivity index (χ1n) is 6.07. The monoisotopic (exact) mass is 292 g/mol. The Morgan fingerprint density at radius 3 is 2.32 bits per heavy atom. The van der Waals surface area contributed by atoms with E-state index >= 15 is 0 Å². The molecule has 0 fully saturated rings. The summed E-state index contributed by atoms with van der Waals surface area (Å²) >= 11 is 0. The fourth-order valence-electron chi connectivity index (χ4n) is 1.61. The van der Waals surface area contributed by atoms with Crippen LogP contribution in [0, 0.1) is 11.6 Å². The Balaban J connectivity index is 2.68. The SMILES string of the molecule is CCN(CC)CCNS(=O)(=O)c1ccc(F)c(F)c1. The fourth-order valence-corrected chi connectivity index (χ4v) is 2.64. The Labute approximate surface area is 112 Å². The second kappa shape index (κ2) is 6.93. The minimum Gasteiger partial charge on any atom is -0.303 e. The van der Waals surface area contributed by atoms with Gasteiger partial charge in [0.1, 0.15) is 0 Å². The van der Waals surface area contributed by atoms with Gasteiger partial charge in [-0.1, -0.05) is 13.8 Å². The lowest BCUT2D eigenvalue weighted by Crippen LogP contribution is -2.34. The van der Waals surface area contributed by atoms with E-state index in [9.17, 15) is 17.2 Å². The van der Waals surface area contributed by atoms with Gasteiger partial charge in [-0.15, -0.1) is 0 Å². The van der Waals surface area contributed by atoms with Crippen LogP contribution in [0.2, 0.25) is 0 Å². The van der Waals surface area contributed by atoms with Crippen molar-refractivity contribution in [1.82, 2.24) is 9.62 Å². The summed E-state index contributed by atoms with van der Waals surface area (Å²) in [6.45, 7) is 6.40. The highest BCUT2D eigenvalue weighted by molar-refractivity contribution is 7.89. The molecule has 0 atom stereocenters. The highest BCUT2D eigenvalue weighted by Crippen LogP contribution is 2.13. The van der Waals surface area contributed by atoms with Crippen LogP contribution >= 0.6 is 0 Å². The number of hydrogen-bond acceptors (Lipinski definition) is 3. The summed E-state index contributed by atoms with van der Waals surface area (Å²) in [6.07, 6.45) is 0.